The van der Waals surface area contributed by atoms with Crippen LogP contribution in [-0.2, 0) is 6.54 Å². The molecule has 2 rings (SSSR count). The van der Waals surface area contributed by atoms with Crippen LogP contribution >= 0.6 is 0 Å². The molecule has 2 N–H and O–H groups in total. The number of anilines is 1. The van der Waals surface area contributed by atoms with Crippen LogP contribution in [0, 0.1) is 11.8 Å². The van der Waals surface area contributed by atoms with E-state index in [1.54, 1.807) is 0 Å². The van der Waals surface area contributed by atoms with Crippen LogP contribution in [0.25, 0.3) is 0 Å². The fourth-order valence-electron chi connectivity index (χ4n) is 1.77. The van der Waals surface area contributed by atoms with Crippen molar-refractivity contribution in [2.75, 3.05) is 11.9 Å². The molecule has 17 heavy (non-hydrogen) atoms. The van der Waals surface area contributed by atoms with Gasteiger partial charge in [0.25, 0.3) is 0 Å². The zero-order chi connectivity index (χ0) is 12.3. The lowest BCUT2D eigenvalue weighted by Gasteiger charge is -2.08. The maximum Gasteiger partial charge on any atom is 0.315 e. The molecular weight excluding hydrogens is 216 g/mol. The summed E-state index contributed by atoms with van der Waals surface area (Å²) < 4.78 is 5.49. The summed E-state index contributed by atoms with van der Waals surface area (Å²) in [5.74, 6) is 2.23. The van der Waals surface area contributed by atoms with Gasteiger partial charge in [-0.15, -0.1) is 5.10 Å². The number of nitrogens with one attached hydrogen (secondary N) is 2. The first-order valence-electron chi connectivity index (χ1n) is 6.44. The highest BCUT2D eigenvalue weighted by Crippen LogP contribution is 2.36. The molecule has 1 aromatic rings. The summed E-state index contributed by atoms with van der Waals surface area (Å²) >= 11 is 0. The van der Waals surface area contributed by atoms with Crippen LogP contribution in [0.2, 0.25) is 0 Å². The van der Waals surface area contributed by atoms with Gasteiger partial charge < -0.3 is 15.1 Å². The number of aromatic nitrogens is 2. The fourth-order valence-corrected chi connectivity index (χ4v) is 1.77. The lowest BCUT2D eigenvalue weighted by atomic mass is 10.1. The monoisotopic (exact) mass is 238 g/mol. The maximum absolute atomic E-state index is 5.49. The number of hydrogen-bond donors (Lipinski definition) is 2. The molecule has 0 amide bonds. The molecule has 0 bridgehead atoms. The van der Waals surface area contributed by atoms with Crippen molar-refractivity contribution in [1.82, 2.24) is 15.5 Å². The topological polar surface area (TPSA) is 63.0 Å². The van der Waals surface area contributed by atoms with E-state index in [-0.39, 0.29) is 0 Å². The first kappa shape index (κ1) is 12.4. The molecule has 1 atom stereocenters. The van der Waals surface area contributed by atoms with E-state index < -0.39 is 0 Å². The van der Waals surface area contributed by atoms with Gasteiger partial charge in [-0.25, -0.2) is 0 Å². The van der Waals surface area contributed by atoms with Gasteiger partial charge in [0.2, 0.25) is 5.89 Å². The first-order chi connectivity index (χ1) is 8.15. The van der Waals surface area contributed by atoms with Crippen molar-refractivity contribution in [3.63, 3.8) is 0 Å². The van der Waals surface area contributed by atoms with E-state index in [1.807, 2.05) is 0 Å². The highest BCUT2D eigenvalue weighted by Gasteiger charge is 2.27. The summed E-state index contributed by atoms with van der Waals surface area (Å²) in [6, 6.07) is 0.964. The Balaban J connectivity index is 1.73. The molecule has 1 unspecified atom stereocenters. The summed E-state index contributed by atoms with van der Waals surface area (Å²) in [6.07, 6.45) is 2.74. The quantitative estimate of drug-likeness (QED) is 0.761. The normalized spacial score (nSPS) is 17.4. The smallest absolute Gasteiger partial charge is 0.315 e. The minimum absolute atomic E-state index is 0.424. The highest BCUT2D eigenvalue weighted by molar-refractivity contribution is 5.17. The summed E-state index contributed by atoms with van der Waals surface area (Å²) in [7, 11) is 0. The number of rotatable bonds is 7. The largest absolute Gasteiger partial charge is 0.407 e. The molecule has 0 aliphatic heterocycles. The van der Waals surface area contributed by atoms with Crippen LogP contribution in [0.15, 0.2) is 4.42 Å². The molecule has 0 radical (unpaired) electrons. The van der Waals surface area contributed by atoms with Crippen molar-refractivity contribution < 1.29 is 4.42 Å². The van der Waals surface area contributed by atoms with Gasteiger partial charge in [0.15, 0.2) is 0 Å². The Morgan fingerprint density at radius 2 is 2.06 bits per heavy atom. The lowest BCUT2D eigenvalue weighted by molar-refractivity contribution is 0.453. The van der Waals surface area contributed by atoms with Crippen molar-refractivity contribution in [1.29, 1.82) is 0 Å². The Hall–Kier alpha value is -1.10. The van der Waals surface area contributed by atoms with Crippen LogP contribution in [0.5, 0.6) is 0 Å². The van der Waals surface area contributed by atoms with Gasteiger partial charge in [0.05, 0.1) is 6.54 Å². The Labute approximate surface area is 102 Å². The molecule has 1 aromatic heterocycles. The van der Waals surface area contributed by atoms with Gasteiger partial charge in [-0.2, -0.15) is 0 Å². The molecular formula is C12H22N4O. The second-order valence-corrected chi connectivity index (χ2v) is 5.23. The summed E-state index contributed by atoms with van der Waals surface area (Å²) in [5.41, 5.74) is 0. The van der Waals surface area contributed by atoms with E-state index in [4.69, 9.17) is 4.42 Å². The maximum atomic E-state index is 5.49. The van der Waals surface area contributed by atoms with Crippen molar-refractivity contribution >= 4 is 6.01 Å². The third-order valence-electron chi connectivity index (χ3n) is 3.13. The van der Waals surface area contributed by atoms with Crippen LogP contribution in [0.1, 0.15) is 39.5 Å². The SMILES string of the molecule is CC(C)NCc1nnc(NCC(C)C2CC2)o1. The lowest BCUT2D eigenvalue weighted by Crippen LogP contribution is -2.21. The van der Waals surface area contributed by atoms with E-state index in [1.165, 1.54) is 12.8 Å². The van der Waals surface area contributed by atoms with E-state index in [2.05, 4.69) is 41.6 Å². The average molecular weight is 238 g/mol. The second-order valence-electron chi connectivity index (χ2n) is 5.23. The van der Waals surface area contributed by atoms with E-state index in [0.29, 0.717) is 30.4 Å². The predicted octanol–water partition coefficient (Wildman–Crippen LogP) is 2.03. The van der Waals surface area contributed by atoms with Gasteiger partial charge in [-0.1, -0.05) is 25.9 Å². The molecule has 0 saturated heterocycles. The number of hydrogen-bond acceptors (Lipinski definition) is 5. The van der Waals surface area contributed by atoms with Gasteiger partial charge in [0.1, 0.15) is 0 Å². The molecule has 0 spiro atoms. The van der Waals surface area contributed by atoms with Crippen LogP contribution in [0.3, 0.4) is 0 Å². The highest BCUT2D eigenvalue weighted by atomic mass is 16.4. The molecule has 96 valence electrons. The molecule has 5 nitrogen and oxygen atoms in total. The first-order valence-corrected chi connectivity index (χ1v) is 6.44. The van der Waals surface area contributed by atoms with Crippen LogP contribution in [0.4, 0.5) is 6.01 Å². The number of nitrogens with zero attached hydrogens (tertiary/aromatic N) is 2. The van der Waals surface area contributed by atoms with Gasteiger partial charge in [-0.05, 0) is 24.7 Å². The van der Waals surface area contributed by atoms with Crippen molar-refractivity contribution in [2.45, 2.75) is 46.2 Å². The molecule has 1 aliphatic rings. The minimum atomic E-state index is 0.424. The van der Waals surface area contributed by atoms with Crippen molar-refractivity contribution in [3.8, 4) is 0 Å². The third-order valence-corrected chi connectivity index (χ3v) is 3.13. The fraction of sp³-hybridized carbons (Fsp3) is 0.833. The summed E-state index contributed by atoms with van der Waals surface area (Å²) in [6.45, 7) is 8.00. The summed E-state index contributed by atoms with van der Waals surface area (Å²) in [4.78, 5) is 0. The Kier molecular flexibility index (Phi) is 3.99. The van der Waals surface area contributed by atoms with Crippen LogP contribution < -0.4 is 10.6 Å². The Morgan fingerprint density at radius 1 is 1.29 bits per heavy atom. The standard InChI is InChI=1S/C12H22N4O/c1-8(2)13-7-11-15-16-12(17-11)14-6-9(3)10-4-5-10/h8-10,13H,4-7H2,1-3H3,(H,14,16). The molecule has 1 heterocycles. The van der Waals surface area contributed by atoms with E-state index in [9.17, 15) is 0 Å². The average Bonchev–Trinajstić information content (AvgIpc) is 3.04. The minimum Gasteiger partial charge on any atom is -0.407 e. The van der Waals surface area contributed by atoms with Crippen molar-refractivity contribution in [3.05, 3.63) is 5.89 Å². The molecule has 1 fully saturated rings. The van der Waals surface area contributed by atoms with E-state index >= 15 is 0 Å². The van der Waals surface area contributed by atoms with Gasteiger partial charge in [0, 0.05) is 12.6 Å². The van der Waals surface area contributed by atoms with Gasteiger partial charge >= 0.3 is 6.01 Å². The zero-order valence-electron chi connectivity index (χ0n) is 10.9. The predicted molar refractivity (Wildman–Crippen MR) is 66.7 cm³/mol. The summed E-state index contributed by atoms with van der Waals surface area (Å²) in [5, 5.41) is 14.4. The molecule has 0 aromatic carbocycles. The zero-order valence-corrected chi connectivity index (χ0v) is 10.9. The van der Waals surface area contributed by atoms with E-state index in [0.717, 1.165) is 12.5 Å². The van der Waals surface area contributed by atoms with Crippen molar-refractivity contribution in [2.24, 2.45) is 11.8 Å². The molecule has 1 saturated carbocycles. The Bertz CT molecular complexity index is 346. The molecule has 5 heteroatoms. The van der Waals surface area contributed by atoms with Crippen LogP contribution in [-0.4, -0.2) is 22.8 Å². The molecule has 1 aliphatic carbocycles. The van der Waals surface area contributed by atoms with Gasteiger partial charge in [-0.3, -0.25) is 0 Å². The second kappa shape index (κ2) is 5.49. The Morgan fingerprint density at radius 3 is 2.71 bits per heavy atom. The third kappa shape index (κ3) is 4.00.